The molecule has 23 heavy (non-hydrogen) atoms. The van der Waals surface area contributed by atoms with Gasteiger partial charge in [0.15, 0.2) is 0 Å². The number of anilines is 1. The lowest BCUT2D eigenvalue weighted by atomic mass is 10.0. The van der Waals surface area contributed by atoms with Crippen molar-refractivity contribution < 1.29 is 4.79 Å². The molecule has 0 bridgehead atoms. The summed E-state index contributed by atoms with van der Waals surface area (Å²) in [5, 5.41) is 0. The van der Waals surface area contributed by atoms with E-state index in [0.29, 0.717) is 5.69 Å². The summed E-state index contributed by atoms with van der Waals surface area (Å²) in [6, 6.07) is 18.0. The number of nitrogens with zero attached hydrogens (tertiary/aromatic N) is 3. The summed E-state index contributed by atoms with van der Waals surface area (Å²) in [5.74, 6) is -0.00139. The second-order valence-electron chi connectivity index (χ2n) is 5.67. The van der Waals surface area contributed by atoms with Crippen molar-refractivity contribution in [2.75, 3.05) is 11.4 Å². The van der Waals surface area contributed by atoms with Gasteiger partial charge in [0, 0.05) is 17.9 Å². The van der Waals surface area contributed by atoms with E-state index in [4.69, 9.17) is 0 Å². The van der Waals surface area contributed by atoms with E-state index in [0.717, 1.165) is 30.8 Å². The zero-order chi connectivity index (χ0) is 15.6. The van der Waals surface area contributed by atoms with Gasteiger partial charge in [0.2, 0.25) is 0 Å². The first-order valence-electron chi connectivity index (χ1n) is 7.82. The Morgan fingerprint density at radius 2 is 1.78 bits per heavy atom. The Balaban J connectivity index is 1.74. The van der Waals surface area contributed by atoms with Gasteiger partial charge in [-0.05, 0) is 36.6 Å². The maximum atomic E-state index is 13.1. The number of aryl methyl sites for hydroxylation is 1. The number of rotatable bonds is 2. The monoisotopic (exact) mass is 303 g/mol. The standard InChI is InChI=1S/C19H17N3O/c23-19(21-12-6-8-15-7-4-5-11-17(15)21)18-13-20-14-22(18)16-9-2-1-3-10-16/h1-5,7,9-11,13-14H,6,8,12H2. The van der Waals surface area contributed by atoms with Crippen LogP contribution in [-0.4, -0.2) is 22.0 Å². The SMILES string of the molecule is O=C(c1cncn1-c1ccccc1)N1CCCc2ccccc21. The molecule has 0 unspecified atom stereocenters. The lowest BCUT2D eigenvalue weighted by Gasteiger charge is -2.29. The molecule has 0 saturated carbocycles. The molecule has 0 atom stereocenters. The number of amides is 1. The van der Waals surface area contributed by atoms with Crippen LogP contribution in [0.5, 0.6) is 0 Å². The lowest BCUT2D eigenvalue weighted by molar-refractivity contribution is 0.0978. The predicted octanol–water partition coefficient (Wildman–Crippen LogP) is 3.47. The number of hydrogen-bond acceptors (Lipinski definition) is 2. The summed E-state index contributed by atoms with van der Waals surface area (Å²) in [7, 11) is 0. The molecule has 1 aliphatic heterocycles. The smallest absolute Gasteiger partial charge is 0.276 e. The Morgan fingerprint density at radius 1 is 1.00 bits per heavy atom. The molecule has 4 heteroatoms. The fourth-order valence-corrected chi connectivity index (χ4v) is 3.13. The van der Waals surface area contributed by atoms with E-state index in [9.17, 15) is 4.79 Å². The fraction of sp³-hybridized carbons (Fsp3) is 0.158. The van der Waals surface area contributed by atoms with E-state index >= 15 is 0 Å². The van der Waals surface area contributed by atoms with Crippen molar-refractivity contribution >= 4 is 11.6 Å². The van der Waals surface area contributed by atoms with Gasteiger partial charge in [-0.25, -0.2) is 4.98 Å². The Kier molecular flexibility index (Phi) is 3.42. The maximum Gasteiger partial charge on any atom is 0.276 e. The molecule has 1 aromatic heterocycles. The van der Waals surface area contributed by atoms with Gasteiger partial charge in [-0.15, -0.1) is 0 Å². The van der Waals surface area contributed by atoms with Gasteiger partial charge in [0.25, 0.3) is 5.91 Å². The Morgan fingerprint density at radius 3 is 2.65 bits per heavy atom. The molecular weight excluding hydrogens is 286 g/mol. The molecule has 4 nitrogen and oxygen atoms in total. The third-order valence-electron chi connectivity index (χ3n) is 4.25. The highest BCUT2D eigenvalue weighted by molar-refractivity contribution is 6.05. The summed E-state index contributed by atoms with van der Waals surface area (Å²) >= 11 is 0. The molecule has 4 rings (SSSR count). The quantitative estimate of drug-likeness (QED) is 0.727. The number of hydrogen-bond donors (Lipinski definition) is 0. The highest BCUT2D eigenvalue weighted by Crippen LogP contribution is 2.28. The van der Waals surface area contributed by atoms with Crippen LogP contribution in [-0.2, 0) is 6.42 Å². The van der Waals surface area contributed by atoms with Crippen LogP contribution >= 0.6 is 0 Å². The number of carbonyl (C=O) groups is 1. The summed E-state index contributed by atoms with van der Waals surface area (Å²) in [6.45, 7) is 0.746. The summed E-state index contributed by atoms with van der Waals surface area (Å²) in [6.07, 6.45) is 5.35. The minimum Gasteiger partial charge on any atom is -0.307 e. The molecule has 1 amide bonds. The highest BCUT2D eigenvalue weighted by Gasteiger charge is 2.25. The molecule has 0 aliphatic carbocycles. The molecule has 0 radical (unpaired) electrons. The van der Waals surface area contributed by atoms with Crippen molar-refractivity contribution in [2.24, 2.45) is 0 Å². The summed E-state index contributed by atoms with van der Waals surface area (Å²) < 4.78 is 1.85. The van der Waals surface area contributed by atoms with Crippen molar-refractivity contribution in [3.63, 3.8) is 0 Å². The van der Waals surface area contributed by atoms with Crippen LogP contribution in [0.3, 0.4) is 0 Å². The number of aromatic nitrogens is 2. The van der Waals surface area contributed by atoms with Gasteiger partial charge in [0.1, 0.15) is 5.69 Å². The van der Waals surface area contributed by atoms with Crippen molar-refractivity contribution in [1.82, 2.24) is 9.55 Å². The van der Waals surface area contributed by atoms with E-state index in [1.54, 1.807) is 12.5 Å². The van der Waals surface area contributed by atoms with Crippen LogP contribution in [0.2, 0.25) is 0 Å². The zero-order valence-corrected chi connectivity index (χ0v) is 12.7. The molecule has 0 N–H and O–H groups in total. The van der Waals surface area contributed by atoms with Gasteiger partial charge in [-0.3, -0.25) is 9.36 Å². The van der Waals surface area contributed by atoms with E-state index in [1.807, 2.05) is 58.0 Å². The van der Waals surface area contributed by atoms with Crippen molar-refractivity contribution in [3.05, 3.63) is 78.4 Å². The minimum absolute atomic E-state index is 0.00139. The van der Waals surface area contributed by atoms with Gasteiger partial charge in [-0.1, -0.05) is 36.4 Å². The number of fused-ring (bicyclic) bond motifs is 1. The lowest BCUT2D eigenvalue weighted by Crippen LogP contribution is -2.36. The van der Waals surface area contributed by atoms with Crippen LogP contribution in [0, 0.1) is 0 Å². The van der Waals surface area contributed by atoms with Crippen LogP contribution < -0.4 is 4.90 Å². The average molecular weight is 303 g/mol. The van der Waals surface area contributed by atoms with Crippen LogP contribution in [0.1, 0.15) is 22.5 Å². The van der Waals surface area contributed by atoms with E-state index < -0.39 is 0 Å². The summed E-state index contributed by atoms with van der Waals surface area (Å²) in [4.78, 5) is 19.1. The van der Waals surface area contributed by atoms with Crippen LogP contribution in [0.25, 0.3) is 5.69 Å². The van der Waals surface area contributed by atoms with E-state index in [2.05, 4.69) is 11.1 Å². The summed E-state index contributed by atoms with van der Waals surface area (Å²) in [5.41, 5.74) is 3.79. The van der Waals surface area contributed by atoms with E-state index in [1.165, 1.54) is 5.56 Å². The third-order valence-corrected chi connectivity index (χ3v) is 4.25. The van der Waals surface area contributed by atoms with Gasteiger partial charge in [-0.2, -0.15) is 0 Å². The van der Waals surface area contributed by atoms with Gasteiger partial charge in [0.05, 0.1) is 12.5 Å². The first kappa shape index (κ1) is 13.8. The molecule has 2 aromatic carbocycles. The Bertz CT molecular complexity index is 839. The second kappa shape index (κ2) is 5.72. The number of imidazole rings is 1. The number of carbonyl (C=O) groups excluding carboxylic acids is 1. The molecular formula is C19H17N3O. The van der Waals surface area contributed by atoms with Crippen molar-refractivity contribution in [2.45, 2.75) is 12.8 Å². The molecule has 3 aromatic rings. The molecule has 114 valence electrons. The minimum atomic E-state index is -0.00139. The molecule has 0 saturated heterocycles. The first-order chi connectivity index (χ1) is 11.3. The van der Waals surface area contributed by atoms with Gasteiger partial charge >= 0.3 is 0 Å². The Hall–Kier alpha value is -2.88. The largest absolute Gasteiger partial charge is 0.307 e. The third kappa shape index (κ3) is 2.42. The highest BCUT2D eigenvalue weighted by atomic mass is 16.2. The Labute approximate surface area is 135 Å². The topological polar surface area (TPSA) is 38.1 Å². The second-order valence-corrected chi connectivity index (χ2v) is 5.67. The van der Waals surface area contributed by atoms with Crippen LogP contribution in [0.4, 0.5) is 5.69 Å². The predicted molar refractivity (Wildman–Crippen MR) is 90.0 cm³/mol. The average Bonchev–Trinajstić information content (AvgIpc) is 3.11. The number of para-hydroxylation sites is 2. The first-order valence-corrected chi connectivity index (χ1v) is 7.82. The van der Waals surface area contributed by atoms with Crippen LogP contribution in [0.15, 0.2) is 67.1 Å². The van der Waals surface area contributed by atoms with E-state index in [-0.39, 0.29) is 5.91 Å². The van der Waals surface area contributed by atoms with Crippen molar-refractivity contribution in [3.8, 4) is 5.69 Å². The fourth-order valence-electron chi connectivity index (χ4n) is 3.13. The zero-order valence-electron chi connectivity index (χ0n) is 12.7. The molecule has 0 spiro atoms. The van der Waals surface area contributed by atoms with Gasteiger partial charge < -0.3 is 4.90 Å². The molecule has 1 aliphatic rings. The van der Waals surface area contributed by atoms with Crippen molar-refractivity contribution in [1.29, 1.82) is 0 Å². The molecule has 2 heterocycles. The normalized spacial score (nSPS) is 13.7. The maximum absolute atomic E-state index is 13.1. The molecule has 0 fully saturated rings. The number of benzene rings is 2.